The number of anilines is 1. The molecule has 1 amide bonds. The van der Waals surface area contributed by atoms with E-state index >= 15 is 0 Å². The highest BCUT2D eigenvalue weighted by atomic mass is 32.1. The second-order valence-electron chi connectivity index (χ2n) is 4.16. The smallest absolute Gasteiger partial charge is 0.418 e. The first-order valence-electron chi connectivity index (χ1n) is 6.23. The van der Waals surface area contributed by atoms with Crippen LogP contribution in [0.5, 0.6) is 11.5 Å². The summed E-state index contributed by atoms with van der Waals surface area (Å²) in [5.41, 5.74) is 0.773. The van der Waals surface area contributed by atoms with E-state index in [-0.39, 0.29) is 0 Å². The molecule has 0 bridgehead atoms. The quantitative estimate of drug-likeness (QED) is 0.796. The monoisotopic (exact) mass is 300 g/mol. The van der Waals surface area contributed by atoms with Crippen molar-refractivity contribution in [3.05, 3.63) is 48.5 Å². The summed E-state index contributed by atoms with van der Waals surface area (Å²) >= 11 is 1.34. The SMILES string of the molecule is COc1cccc2nc(NC(=O)Oc3ccccc3)sc12. The van der Waals surface area contributed by atoms with Crippen LogP contribution in [-0.4, -0.2) is 18.2 Å². The van der Waals surface area contributed by atoms with Crippen molar-refractivity contribution in [2.75, 3.05) is 12.4 Å². The van der Waals surface area contributed by atoms with Crippen LogP contribution in [0.25, 0.3) is 10.2 Å². The highest BCUT2D eigenvalue weighted by Crippen LogP contribution is 2.33. The molecule has 0 aliphatic heterocycles. The first-order valence-corrected chi connectivity index (χ1v) is 7.05. The van der Waals surface area contributed by atoms with Crippen LogP contribution in [0.1, 0.15) is 0 Å². The van der Waals surface area contributed by atoms with Gasteiger partial charge in [0.2, 0.25) is 0 Å². The Labute approximate surface area is 125 Å². The van der Waals surface area contributed by atoms with Crippen LogP contribution < -0.4 is 14.8 Å². The number of nitrogens with zero attached hydrogens (tertiary/aromatic N) is 1. The Bertz CT molecular complexity index is 771. The zero-order valence-corrected chi connectivity index (χ0v) is 12.0. The van der Waals surface area contributed by atoms with E-state index in [4.69, 9.17) is 9.47 Å². The lowest BCUT2D eigenvalue weighted by Gasteiger charge is -2.03. The summed E-state index contributed by atoms with van der Waals surface area (Å²) in [6.07, 6.45) is -0.570. The fourth-order valence-corrected chi connectivity index (χ4v) is 2.79. The van der Waals surface area contributed by atoms with Crippen molar-refractivity contribution in [1.82, 2.24) is 4.98 Å². The van der Waals surface area contributed by atoms with Crippen LogP contribution in [-0.2, 0) is 0 Å². The number of amides is 1. The molecule has 0 saturated carbocycles. The van der Waals surface area contributed by atoms with E-state index in [0.29, 0.717) is 10.9 Å². The van der Waals surface area contributed by atoms with Crippen molar-refractivity contribution in [2.45, 2.75) is 0 Å². The Morgan fingerprint density at radius 3 is 2.71 bits per heavy atom. The van der Waals surface area contributed by atoms with Crippen molar-refractivity contribution < 1.29 is 14.3 Å². The predicted molar refractivity (Wildman–Crippen MR) is 82.3 cm³/mol. The first-order chi connectivity index (χ1) is 10.3. The van der Waals surface area contributed by atoms with Gasteiger partial charge in [-0.25, -0.2) is 9.78 Å². The average molecular weight is 300 g/mol. The topological polar surface area (TPSA) is 60.5 Å². The van der Waals surface area contributed by atoms with E-state index in [1.54, 1.807) is 31.4 Å². The third-order valence-corrected chi connectivity index (χ3v) is 3.76. The molecule has 1 N–H and O–H groups in total. The molecule has 0 unspecified atom stereocenters. The molecule has 5 nitrogen and oxygen atoms in total. The molecule has 0 fully saturated rings. The number of ether oxygens (including phenoxy) is 2. The summed E-state index contributed by atoms with van der Waals surface area (Å²) in [6.45, 7) is 0. The molecular formula is C15H12N2O3S. The molecule has 0 aliphatic rings. The van der Waals surface area contributed by atoms with Gasteiger partial charge in [-0.2, -0.15) is 0 Å². The van der Waals surface area contributed by atoms with Crippen molar-refractivity contribution in [1.29, 1.82) is 0 Å². The van der Waals surface area contributed by atoms with Gasteiger partial charge in [0, 0.05) is 0 Å². The fourth-order valence-electron chi connectivity index (χ4n) is 1.85. The van der Waals surface area contributed by atoms with E-state index in [1.165, 1.54) is 11.3 Å². The van der Waals surface area contributed by atoms with Gasteiger partial charge in [0.1, 0.15) is 11.5 Å². The lowest BCUT2D eigenvalue weighted by molar-refractivity contribution is 0.215. The number of thiazole rings is 1. The highest BCUT2D eigenvalue weighted by molar-refractivity contribution is 7.22. The second-order valence-corrected chi connectivity index (χ2v) is 5.15. The number of nitrogens with one attached hydrogen (secondary N) is 1. The summed E-state index contributed by atoms with van der Waals surface area (Å²) in [5.74, 6) is 1.21. The van der Waals surface area contributed by atoms with Crippen LogP contribution in [0.4, 0.5) is 9.93 Å². The Balaban J connectivity index is 1.77. The standard InChI is InChI=1S/C15H12N2O3S/c1-19-12-9-5-8-11-13(12)21-14(16-11)17-15(18)20-10-6-3-2-4-7-10/h2-9H,1H3,(H,16,17,18). The number of fused-ring (bicyclic) bond motifs is 1. The summed E-state index contributed by atoms with van der Waals surface area (Å²) in [7, 11) is 1.60. The van der Waals surface area contributed by atoms with Gasteiger partial charge in [0.05, 0.1) is 17.3 Å². The van der Waals surface area contributed by atoms with Gasteiger partial charge in [-0.3, -0.25) is 5.32 Å². The maximum absolute atomic E-state index is 11.8. The first kappa shape index (κ1) is 13.4. The maximum atomic E-state index is 11.8. The molecule has 3 rings (SSSR count). The number of aromatic nitrogens is 1. The molecule has 106 valence electrons. The van der Waals surface area contributed by atoms with E-state index in [0.717, 1.165) is 16.0 Å². The number of benzene rings is 2. The highest BCUT2D eigenvalue weighted by Gasteiger charge is 2.11. The molecule has 0 spiro atoms. The molecule has 6 heteroatoms. The third-order valence-electron chi connectivity index (χ3n) is 2.76. The molecule has 0 saturated heterocycles. The Kier molecular flexibility index (Phi) is 3.70. The Morgan fingerprint density at radius 2 is 1.95 bits per heavy atom. The van der Waals surface area contributed by atoms with Gasteiger partial charge in [0.25, 0.3) is 0 Å². The predicted octanol–water partition coefficient (Wildman–Crippen LogP) is 3.92. The van der Waals surface area contributed by atoms with Gasteiger partial charge in [-0.15, -0.1) is 0 Å². The lowest BCUT2D eigenvalue weighted by Crippen LogP contribution is -2.16. The fraction of sp³-hybridized carbons (Fsp3) is 0.0667. The molecule has 2 aromatic carbocycles. The van der Waals surface area contributed by atoms with Gasteiger partial charge in [0.15, 0.2) is 5.13 Å². The largest absolute Gasteiger partial charge is 0.495 e. The number of hydrogen-bond donors (Lipinski definition) is 1. The summed E-state index contributed by atoms with van der Waals surface area (Å²) in [4.78, 5) is 16.1. The van der Waals surface area contributed by atoms with Crippen molar-refractivity contribution in [3.8, 4) is 11.5 Å². The second kappa shape index (κ2) is 5.80. The van der Waals surface area contributed by atoms with Crippen molar-refractivity contribution in [3.63, 3.8) is 0 Å². The average Bonchev–Trinajstić information content (AvgIpc) is 2.90. The minimum Gasteiger partial charge on any atom is -0.495 e. The van der Waals surface area contributed by atoms with E-state index in [1.807, 2.05) is 24.3 Å². The summed E-state index contributed by atoms with van der Waals surface area (Å²) < 4.78 is 11.3. The molecule has 21 heavy (non-hydrogen) atoms. The van der Waals surface area contributed by atoms with Crippen molar-refractivity contribution >= 4 is 32.8 Å². The number of para-hydroxylation sites is 1. The lowest BCUT2D eigenvalue weighted by atomic mass is 10.3. The third kappa shape index (κ3) is 2.95. The molecule has 3 aromatic rings. The van der Waals surface area contributed by atoms with Gasteiger partial charge >= 0.3 is 6.09 Å². The van der Waals surface area contributed by atoms with Crippen LogP contribution >= 0.6 is 11.3 Å². The molecule has 0 aliphatic carbocycles. The molecule has 0 radical (unpaired) electrons. The van der Waals surface area contributed by atoms with Crippen LogP contribution in [0, 0.1) is 0 Å². The van der Waals surface area contributed by atoms with E-state index in [9.17, 15) is 4.79 Å². The number of carbonyl (C=O) groups excluding carboxylic acids is 1. The van der Waals surface area contributed by atoms with Crippen LogP contribution in [0.15, 0.2) is 48.5 Å². The molecule has 1 heterocycles. The maximum Gasteiger partial charge on any atom is 0.418 e. The van der Waals surface area contributed by atoms with Gasteiger partial charge < -0.3 is 9.47 Å². The minimum absolute atomic E-state index is 0.468. The number of methoxy groups -OCH3 is 1. The van der Waals surface area contributed by atoms with Gasteiger partial charge in [-0.05, 0) is 24.3 Å². The summed E-state index contributed by atoms with van der Waals surface area (Å²) in [6, 6.07) is 14.4. The minimum atomic E-state index is -0.570. The van der Waals surface area contributed by atoms with Crippen LogP contribution in [0.3, 0.4) is 0 Å². The normalized spacial score (nSPS) is 10.3. The number of rotatable bonds is 3. The van der Waals surface area contributed by atoms with Crippen LogP contribution in [0.2, 0.25) is 0 Å². The molecular weight excluding hydrogens is 288 g/mol. The molecule has 0 atom stereocenters. The van der Waals surface area contributed by atoms with Gasteiger partial charge in [-0.1, -0.05) is 35.6 Å². The van der Waals surface area contributed by atoms with E-state index < -0.39 is 6.09 Å². The zero-order valence-electron chi connectivity index (χ0n) is 11.2. The number of hydrogen-bond acceptors (Lipinski definition) is 5. The Hall–Kier alpha value is -2.60. The van der Waals surface area contributed by atoms with E-state index in [2.05, 4.69) is 10.3 Å². The van der Waals surface area contributed by atoms with Crippen molar-refractivity contribution in [2.24, 2.45) is 0 Å². The Morgan fingerprint density at radius 1 is 1.14 bits per heavy atom. The molecule has 1 aromatic heterocycles. The summed E-state index contributed by atoms with van der Waals surface area (Å²) in [5, 5.41) is 3.09. The zero-order chi connectivity index (χ0) is 14.7. The number of carbonyl (C=O) groups is 1.